The van der Waals surface area contributed by atoms with Crippen LogP contribution in [0.1, 0.15) is 28.8 Å². The Labute approximate surface area is 148 Å². The van der Waals surface area contributed by atoms with Gasteiger partial charge < -0.3 is 10.8 Å². The van der Waals surface area contributed by atoms with Crippen molar-refractivity contribution >= 4 is 29.0 Å². The van der Waals surface area contributed by atoms with Crippen LogP contribution in [0.15, 0.2) is 18.2 Å². The Morgan fingerprint density at radius 2 is 1.69 bits per heavy atom. The molecule has 0 heterocycles. The van der Waals surface area contributed by atoms with E-state index in [1.807, 2.05) is 0 Å². The van der Waals surface area contributed by atoms with Crippen LogP contribution >= 0.6 is 0 Å². The van der Waals surface area contributed by atoms with E-state index in [4.69, 9.17) is 5.73 Å². The van der Waals surface area contributed by atoms with Gasteiger partial charge in [-0.05, 0) is 36.3 Å². The van der Waals surface area contributed by atoms with Crippen molar-refractivity contribution in [2.45, 2.75) is 19.3 Å². The molecule has 4 rings (SSSR count). The number of hydrogen-bond donors (Lipinski definition) is 2. The molecule has 0 aliphatic heterocycles. The maximum Gasteiger partial charge on any atom is 0.235 e. The standard InChI is InChI=1S/C19H17NO6/c20-19(26)15-11(22)6-9-5-8-4-7-2-1-3-10(21)12(7)16(23)13(8)17(24)14(9)18(15)25/h1-3,8-9,13-15,21H,4-6H2,(H2,20,26). The minimum Gasteiger partial charge on any atom is -0.507 e. The minimum atomic E-state index is -1.60. The van der Waals surface area contributed by atoms with Crippen molar-refractivity contribution in [1.29, 1.82) is 0 Å². The Hall–Kier alpha value is -2.83. The molecule has 3 aliphatic rings. The van der Waals surface area contributed by atoms with Crippen molar-refractivity contribution in [3.8, 4) is 5.75 Å². The van der Waals surface area contributed by atoms with E-state index < -0.39 is 52.7 Å². The Morgan fingerprint density at radius 1 is 1.00 bits per heavy atom. The SMILES string of the molecule is NC(=O)C1C(=O)CC2CC3Cc4cccc(O)c4C(=O)C3C(=O)C2C1=O. The summed E-state index contributed by atoms with van der Waals surface area (Å²) in [5.41, 5.74) is 5.97. The zero-order valence-electron chi connectivity index (χ0n) is 13.8. The average molecular weight is 355 g/mol. The fourth-order valence-electron chi connectivity index (χ4n) is 4.93. The van der Waals surface area contributed by atoms with E-state index in [1.54, 1.807) is 12.1 Å². The quantitative estimate of drug-likeness (QED) is 0.692. The van der Waals surface area contributed by atoms with Crippen LogP contribution in [0.5, 0.6) is 5.75 Å². The molecule has 0 saturated heterocycles. The smallest absolute Gasteiger partial charge is 0.235 e. The van der Waals surface area contributed by atoms with E-state index in [-0.39, 0.29) is 23.7 Å². The number of carbonyl (C=O) groups is 5. The molecule has 2 fully saturated rings. The fourth-order valence-corrected chi connectivity index (χ4v) is 4.93. The van der Waals surface area contributed by atoms with Gasteiger partial charge in [0.05, 0.1) is 17.4 Å². The first-order valence-electron chi connectivity index (χ1n) is 8.55. The molecule has 0 bridgehead atoms. The van der Waals surface area contributed by atoms with Crippen LogP contribution < -0.4 is 5.73 Å². The highest BCUT2D eigenvalue weighted by molar-refractivity contribution is 6.27. The lowest BCUT2D eigenvalue weighted by atomic mass is 9.56. The molecule has 134 valence electrons. The number of nitrogens with two attached hydrogens (primary N) is 1. The first-order valence-corrected chi connectivity index (χ1v) is 8.55. The monoisotopic (exact) mass is 355 g/mol. The number of ketones is 4. The summed E-state index contributed by atoms with van der Waals surface area (Å²) < 4.78 is 0. The van der Waals surface area contributed by atoms with E-state index in [0.717, 1.165) is 0 Å². The summed E-state index contributed by atoms with van der Waals surface area (Å²) in [5.74, 6) is -8.17. The second-order valence-electron chi connectivity index (χ2n) is 7.40. The number of amides is 1. The summed E-state index contributed by atoms with van der Waals surface area (Å²) in [7, 11) is 0. The largest absolute Gasteiger partial charge is 0.507 e. The van der Waals surface area contributed by atoms with E-state index in [2.05, 4.69) is 0 Å². The summed E-state index contributed by atoms with van der Waals surface area (Å²) in [6.45, 7) is 0. The first-order chi connectivity index (χ1) is 12.3. The number of primary amides is 1. The molecular weight excluding hydrogens is 338 g/mol. The number of carbonyl (C=O) groups excluding carboxylic acids is 5. The number of benzene rings is 1. The number of phenols is 1. The van der Waals surface area contributed by atoms with Gasteiger partial charge in [0.15, 0.2) is 29.1 Å². The predicted octanol–water partition coefficient (Wildman–Crippen LogP) is 0.212. The van der Waals surface area contributed by atoms with Crippen molar-refractivity contribution in [3.63, 3.8) is 0 Å². The van der Waals surface area contributed by atoms with Gasteiger partial charge in [0.1, 0.15) is 5.75 Å². The van der Waals surface area contributed by atoms with Gasteiger partial charge in [-0.3, -0.25) is 24.0 Å². The second-order valence-corrected chi connectivity index (χ2v) is 7.40. The maximum atomic E-state index is 13.0. The fraction of sp³-hybridized carbons (Fsp3) is 0.421. The Balaban J connectivity index is 1.75. The highest BCUT2D eigenvalue weighted by Gasteiger charge is 2.57. The third-order valence-electron chi connectivity index (χ3n) is 5.96. The third-order valence-corrected chi connectivity index (χ3v) is 5.96. The van der Waals surface area contributed by atoms with Crippen LogP contribution in [-0.4, -0.2) is 34.1 Å². The van der Waals surface area contributed by atoms with E-state index in [0.29, 0.717) is 18.4 Å². The molecule has 1 aromatic carbocycles. The molecule has 26 heavy (non-hydrogen) atoms. The molecule has 5 unspecified atom stereocenters. The maximum absolute atomic E-state index is 13.0. The predicted molar refractivity (Wildman–Crippen MR) is 87.0 cm³/mol. The molecule has 7 heteroatoms. The van der Waals surface area contributed by atoms with Crippen LogP contribution in [0.4, 0.5) is 0 Å². The van der Waals surface area contributed by atoms with Gasteiger partial charge in [-0.2, -0.15) is 0 Å². The van der Waals surface area contributed by atoms with Crippen LogP contribution in [0, 0.1) is 29.6 Å². The lowest BCUT2D eigenvalue weighted by Gasteiger charge is -2.44. The van der Waals surface area contributed by atoms with E-state index >= 15 is 0 Å². The molecule has 1 aromatic rings. The van der Waals surface area contributed by atoms with Crippen LogP contribution in [0.25, 0.3) is 0 Å². The van der Waals surface area contributed by atoms with Gasteiger partial charge in [0, 0.05) is 6.42 Å². The van der Waals surface area contributed by atoms with Crippen molar-refractivity contribution < 1.29 is 29.1 Å². The summed E-state index contributed by atoms with van der Waals surface area (Å²) in [6, 6.07) is 4.76. The molecule has 0 spiro atoms. The molecule has 0 aromatic heterocycles. The van der Waals surface area contributed by atoms with Crippen LogP contribution in [0.3, 0.4) is 0 Å². The van der Waals surface area contributed by atoms with Crippen LogP contribution in [0.2, 0.25) is 0 Å². The lowest BCUT2D eigenvalue weighted by molar-refractivity contribution is -0.152. The number of phenolic OH excluding ortho intramolecular Hbond substituents is 1. The Bertz CT molecular complexity index is 888. The summed E-state index contributed by atoms with van der Waals surface area (Å²) in [6.07, 6.45) is 0.752. The molecule has 2 saturated carbocycles. The first kappa shape index (κ1) is 16.6. The number of fused-ring (bicyclic) bond motifs is 3. The number of rotatable bonds is 1. The van der Waals surface area contributed by atoms with Gasteiger partial charge in [0.25, 0.3) is 0 Å². The zero-order chi connectivity index (χ0) is 18.7. The highest BCUT2D eigenvalue weighted by Crippen LogP contribution is 2.47. The number of hydrogen-bond acceptors (Lipinski definition) is 6. The third kappa shape index (κ3) is 2.16. The van der Waals surface area contributed by atoms with Crippen molar-refractivity contribution in [3.05, 3.63) is 29.3 Å². The van der Waals surface area contributed by atoms with Gasteiger partial charge in [0.2, 0.25) is 5.91 Å². The average Bonchev–Trinajstić information content (AvgIpc) is 2.53. The van der Waals surface area contributed by atoms with Crippen molar-refractivity contribution in [2.75, 3.05) is 0 Å². The van der Waals surface area contributed by atoms with Crippen LogP contribution in [-0.2, 0) is 25.6 Å². The molecule has 3 aliphatic carbocycles. The normalized spacial score (nSPS) is 33.3. The van der Waals surface area contributed by atoms with Crippen molar-refractivity contribution in [2.24, 2.45) is 35.3 Å². The topological polar surface area (TPSA) is 132 Å². The van der Waals surface area contributed by atoms with Gasteiger partial charge >= 0.3 is 0 Å². The molecule has 7 nitrogen and oxygen atoms in total. The lowest BCUT2D eigenvalue weighted by Crippen LogP contribution is -2.56. The van der Waals surface area contributed by atoms with E-state index in [9.17, 15) is 29.1 Å². The summed E-state index contributed by atoms with van der Waals surface area (Å²) in [5, 5.41) is 10.0. The molecular formula is C19H17NO6. The second kappa shape index (κ2) is 5.59. The number of aromatic hydroxyl groups is 1. The molecule has 1 amide bonds. The minimum absolute atomic E-state index is 0.0555. The van der Waals surface area contributed by atoms with Gasteiger partial charge in [-0.1, -0.05) is 12.1 Å². The molecule has 0 radical (unpaired) electrons. The van der Waals surface area contributed by atoms with Crippen molar-refractivity contribution in [1.82, 2.24) is 0 Å². The summed E-state index contributed by atoms with van der Waals surface area (Å²) in [4.78, 5) is 62.2. The number of Topliss-reactive ketones (excluding diaryl/α,β-unsaturated/α-hetero) is 4. The Morgan fingerprint density at radius 3 is 2.38 bits per heavy atom. The zero-order valence-corrected chi connectivity index (χ0v) is 13.8. The highest BCUT2D eigenvalue weighted by atomic mass is 16.3. The molecule has 3 N–H and O–H groups in total. The van der Waals surface area contributed by atoms with Gasteiger partial charge in [-0.25, -0.2) is 0 Å². The Kier molecular flexibility index (Phi) is 3.57. The molecule has 5 atom stereocenters. The van der Waals surface area contributed by atoms with E-state index in [1.165, 1.54) is 6.07 Å². The summed E-state index contributed by atoms with van der Waals surface area (Å²) >= 11 is 0. The van der Waals surface area contributed by atoms with Gasteiger partial charge in [-0.15, -0.1) is 0 Å².